The molecule has 0 aliphatic rings. The van der Waals surface area contributed by atoms with Crippen molar-refractivity contribution >= 4 is 27.6 Å². The molecule has 0 saturated heterocycles. The number of benzene rings is 5. The molecule has 0 N–H and O–H groups in total. The van der Waals surface area contributed by atoms with E-state index >= 15 is 0 Å². The molecule has 4 heterocycles. The van der Waals surface area contributed by atoms with Gasteiger partial charge in [-0.2, -0.15) is 0 Å². The average molecular weight is 602 g/mol. The van der Waals surface area contributed by atoms with E-state index in [1.54, 1.807) is 0 Å². The summed E-state index contributed by atoms with van der Waals surface area (Å²) < 4.78 is 2.13. The van der Waals surface area contributed by atoms with Gasteiger partial charge in [-0.1, -0.05) is 133 Å². The van der Waals surface area contributed by atoms with Gasteiger partial charge >= 0.3 is 0 Å². The molecule has 0 amide bonds. The van der Waals surface area contributed by atoms with Crippen LogP contribution in [0.1, 0.15) is 0 Å². The van der Waals surface area contributed by atoms with Crippen molar-refractivity contribution in [3.05, 3.63) is 164 Å². The van der Waals surface area contributed by atoms with Crippen molar-refractivity contribution in [1.29, 1.82) is 0 Å². The molecule has 0 spiro atoms. The fraction of sp³-hybridized carbons (Fsp3) is 0. The van der Waals surface area contributed by atoms with E-state index in [9.17, 15) is 0 Å². The van der Waals surface area contributed by atoms with Gasteiger partial charge in [-0.3, -0.25) is 4.40 Å². The lowest BCUT2D eigenvalue weighted by atomic mass is 9.94. The Morgan fingerprint density at radius 2 is 0.979 bits per heavy atom. The predicted octanol–water partition coefficient (Wildman–Crippen LogP) is 10.2. The quantitative estimate of drug-likeness (QED) is 0.197. The van der Waals surface area contributed by atoms with Gasteiger partial charge in [-0.15, -0.1) is 0 Å². The Labute approximate surface area is 271 Å². The second kappa shape index (κ2) is 11.2. The van der Waals surface area contributed by atoms with Crippen LogP contribution in [0.2, 0.25) is 0 Å². The van der Waals surface area contributed by atoms with Crippen LogP contribution in [-0.4, -0.2) is 24.3 Å². The topological polar surface area (TPSA) is 56.0 Å². The Hall–Kier alpha value is -6.46. The molecular formula is C42H27N5. The highest BCUT2D eigenvalue weighted by molar-refractivity contribution is 6.09. The van der Waals surface area contributed by atoms with Crippen LogP contribution in [0.4, 0.5) is 0 Å². The minimum absolute atomic E-state index is 0.652. The van der Waals surface area contributed by atoms with Crippen LogP contribution >= 0.6 is 0 Å². The molecule has 5 heteroatoms. The maximum Gasteiger partial charge on any atom is 0.160 e. The first-order valence-corrected chi connectivity index (χ1v) is 15.7. The van der Waals surface area contributed by atoms with Crippen molar-refractivity contribution in [3.8, 4) is 56.3 Å². The molecule has 0 bridgehead atoms. The van der Waals surface area contributed by atoms with Gasteiger partial charge in [0, 0.05) is 39.4 Å². The van der Waals surface area contributed by atoms with Gasteiger partial charge in [0.05, 0.1) is 28.1 Å². The first-order chi connectivity index (χ1) is 23.3. The molecule has 47 heavy (non-hydrogen) atoms. The van der Waals surface area contributed by atoms with Crippen molar-refractivity contribution in [2.45, 2.75) is 0 Å². The van der Waals surface area contributed by atoms with Crippen LogP contribution in [0.3, 0.4) is 0 Å². The number of rotatable bonds is 5. The third-order valence-corrected chi connectivity index (χ3v) is 8.61. The van der Waals surface area contributed by atoms with Crippen molar-refractivity contribution in [1.82, 2.24) is 24.3 Å². The highest BCUT2D eigenvalue weighted by Crippen LogP contribution is 2.40. The minimum atomic E-state index is 0.652. The van der Waals surface area contributed by atoms with Crippen molar-refractivity contribution in [3.63, 3.8) is 0 Å². The third kappa shape index (κ3) is 4.64. The maximum atomic E-state index is 5.31. The lowest BCUT2D eigenvalue weighted by Crippen LogP contribution is -2.01. The fourth-order valence-corrected chi connectivity index (χ4v) is 6.44. The zero-order valence-corrected chi connectivity index (χ0v) is 25.3. The van der Waals surface area contributed by atoms with Crippen LogP contribution in [0.15, 0.2) is 164 Å². The maximum absolute atomic E-state index is 5.31. The van der Waals surface area contributed by atoms with Crippen molar-refractivity contribution < 1.29 is 0 Å². The molecule has 5 aromatic carbocycles. The summed E-state index contributed by atoms with van der Waals surface area (Å²) in [6, 6.07) is 53.9. The molecule has 0 radical (unpaired) electrons. The summed E-state index contributed by atoms with van der Waals surface area (Å²) in [5.41, 5.74) is 12.4. The SMILES string of the molecule is c1ccc(-c2nc(-c3cccc(-c4nc5ccccc5c5nc6ccccn6c45)c3)nc(-c3ccccc3)c2-c2ccccc2)cc1. The van der Waals surface area contributed by atoms with Gasteiger partial charge in [0.2, 0.25) is 0 Å². The molecule has 0 fully saturated rings. The number of pyridine rings is 2. The van der Waals surface area contributed by atoms with Crippen LogP contribution in [0, 0.1) is 0 Å². The smallest absolute Gasteiger partial charge is 0.160 e. The summed E-state index contributed by atoms with van der Waals surface area (Å²) >= 11 is 0. The molecular weight excluding hydrogens is 574 g/mol. The third-order valence-electron chi connectivity index (χ3n) is 8.61. The van der Waals surface area contributed by atoms with E-state index in [2.05, 4.69) is 120 Å². The van der Waals surface area contributed by atoms with E-state index in [1.165, 1.54) is 0 Å². The molecule has 0 atom stereocenters. The lowest BCUT2D eigenvalue weighted by Gasteiger charge is -2.17. The zero-order valence-electron chi connectivity index (χ0n) is 25.3. The summed E-state index contributed by atoms with van der Waals surface area (Å²) in [5, 5.41) is 1.03. The predicted molar refractivity (Wildman–Crippen MR) is 191 cm³/mol. The van der Waals surface area contributed by atoms with Gasteiger partial charge in [0.15, 0.2) is 5.82 Å². The molecule has 0 aliphatic heterocycles. The van der Waals surface area contributed by atoms with Crippen molar-refractivity contribution in [2.75, 3.05) is 0 Å². The normalized spacial score (nSPS) is 11.4. The number of aromatic nitrogens is 5. The Balaban J connectivity index is 1.31. The molecule has 9 aromatic rings. The van der Waals surface area contributed by atoms with Gasteiger partial charge in [0.25, 0.3) is 0 Å². The number of imidazole rings is 1. The summed E-state index contributed by atoms with van der Waals surface area (Å²) in [5.74, 6) is 0.652. The number of hydrogen-bond acceptors (Lipinski definition) is 4. The lowest BCUT2D eigenvalue weighted by molar-refractivity contribution is 1.18. The highest BCUT2D eigenvalue weighted by atomic mass is 15.0. The number of nitrogens with zero attached hydrogens (tertiary/aromatic N) is 5. The van der Waals surface area contributed by atoms with E-state index in [-0.39, 0.29) is 0 Å². The summed E-state index contributed by atoms with van der Waals surface area (Å²) in [6.45, 7) is 0. The van der Waals surface area contributed by atoms with E-state index in [4.69, 9.17) is 19.9 Å². The van der Waals surface area contributed by atoms with Crippen molar-refractivity contribution in [2.24, 2.45) is 0 Å². The van der Waals surface area contributed by atoms with E-state index in [0.717, 1.165) is 78.0 Å². The molecule has 0 unspecified atom stereocenters. The van der Waals surface area contributed by atoms with Gasteiger partial charge < -0.3 is 0 Å². The fourth-order valence-electron chi connectivity index (χ4n) is 6.44. The molecule has 220 valence electrons. The molecule has 4 aromatic heterocycles. The molecule has 0 saturated carbocycles. The minimum Gasteiger partial charge on any atom is -0.298 e. The Morgan fingerprint density at radius 3 is 1.68 bits per heavy atom. The van der Waals surface area contributed by atoms with Gasteiger partial charge in [-0.25, -0.2) is 19.9 Å². The highest BCUT2D eigenvalue weighted by Gasteiger charge is 2.21. The Morgan fingerprint density at radius 1 is 0.404 bits per heavy atom. The monoisotopic (exact) mass is 601 g/mol. The van der Waals surface area contributed by atoms with E-state index in [1.807, 2.05) is 48.5 Å². The number of fused-ring (bicyclic) bond motifs is 5. The zero-order chi connectivity index (χ0) is 31.2. The molecule has 5 nitrogen and oxygen atoms in total. The summed E-state index contributed by atoms with van der Waals surface area (Å²) in [4.78, 5) is 20.9. The first kappa shape index (κ1) is 26.9. The van der Waals surface area contributed by atoms with Gasteiger partial charge in [-0.05, 0) is 29.8 Å². The van der Waals surface area contributed by atoms with E-state index in [0.29, 0.717) is 5.82 Å². The van der Waals surface area contributed by atoms with Crippen LogP contribution < -0.4 is 0 Å². The van der Waals surface area contributed by atoms with E-state index < -0.39 is 0 Å². The largest absolute Gasteiger partial charge is 0.298 e. The van der Waals surface area contributed by atoms with Crippen LogP contribution in [0.5, 0.6) is 0 Å². The Bertz CT molecular complexity index is 2500. The average Bonchev–Trinajstić information content (AvgIpc) is 3.55. The van der Waals surface area contributed by atoms with Gasteiger partial charge in [0.1, 0.15) is 11.2 Å². The Kier molecular flexibility index (Phi) is 6.39. The molecule has 0 aliphatic carbocycles. The summed E-state index contributed by atoms with van der Waals surface area (Å²) in [7, 11) is 0. The van der Waals surface area contributed by atoms with Crippen LogP contribution in [0.25, 0.3) is 83.9 Å². The molecule has 9 rings (SSSR count). The first-order valence-electron chi connectivity index (χ1n) is 15.7. The second-order valence-corrected chi connectivity index (χ2v) is 11.5. The summed E-state index contributed by atoms with van der Waals surface area (Å²) in [6.07, 6.45) is 2.05. The van der Waals surface area contributed by atoms with Crippen LogP contribution in [-0.2, 0) is 0 Å². The second-order valence-electron chi connectivity index (χ2n) is 11.5. The number of para-hydroxylation sites is 1. The standard InChI is InChI=1S/C42H27N5/c1-4-15-28(16-5-1)36-37(29-17-6-2-7-18-29)45-42(46-38(36)30-19-8-3-9-20-30)32-22-14-21-31(27-32)39-41-40(33-23-10-11-24-34(33)43-39)44-35-25-12-13-26-47(35)41/h1-27H. The number of hydrogen-bond donors (Lipinski definition) is 0.